The number of amides is 1. The molecule has 2 aromatic rings. The molecule has 0 spiro atoms. The number of nitrogens with one attached hydrogen (secondary N) is 2. The SMILES string of the molecule is COc1cccc(/C=N\NC(=O)c2ccc(=O)[nH]n2)c1O. The van der Waals surface area contributed by atoms with Gasteiger partial charge in [-0.25, -0.2) is 10.5 Å². The largest absolute Gasteiger partial charge is 0.504 e. The fourth-order valence-corrected chi connectivity index (χ4v) is 1.50. The standard InChI is InChI=1S/C13H12N4O4/c1-21-10-4-2-3-8(12(10)19)7-14-17-13(20)9-5-6-11(18)16-15-9/h2-7,19H,1H3,(H,16,18)(H,17,20)/b14-7-. The Hall–Kier alpha value is -3.16. The van der Waals surface area contributed by atoms with E-state index in [9.17, 15) is 14.7 Å². The van der Waals surface area contributed by atoms with E-state index in [1.165, 1.54) is 25.5 Å². The summed E-state index contributed by atoms with van der Waals surface area (Å²) in [5.41, 5.74) is 2.21. The molecule has 0 aliphatic heterocycles. The summed E-state index contributed by atoms with van der Waals surface area (Å²) in [5.74, 6) is -0.377. The number of nitrogens with zero attached hydrogens (tertiary/aromatic N) is 2. The van der Waals surface area contributed by atoms with Crippen molar-refractivity contribution in [2.45, 2.75) is 0 Å². The summed E-state index contributed by atoms with van der Waals surface area (Å²) in [7, 11) is 1.43. The van der Waals surface area contributed by atoms with Gasteiger partial charge in [-0.2, -0.15) is 10.2 Å². The van der Waals surface area contributed by atoms with Gasteiger partial charge in [0, 0.05) is 11.6 Å². The van der Waals surface area contributed by atoms with E-state index in [0.29, 0.717) is 11.3 Å². The Labute approximate surface area is 119 Å². The van der Waals surface area contributed by atoms with Crippen LogP contribution in [0.5, 0.6) is 11.5 Å². The molecule has 2 rings (SSSR count). The summed E-state index contributed by atoms with van der Waals surface area (Å²) in [6.07, 6.45) is 1.27. The molecule has 0 fully saturated rings. The van der Waals surface area contributed by atoms with Crippen LogP contribution in [0, 0.1) is 0 Å². The number of ether oxygens (including phenoxy) is 1. The zero-order valence-electron chi connectivity index (χ0n) is 11.0. The summed E-state index contributed by atoms with van der Waals surface area (Å²) in [6.45, 7) is 0. The molecule has 0 saturated heterocycles. The lowest BCUT2D eigenvalue weighted by Crippen LogP contribution is -2.21. The van der Waals surface area contributed by atoms with Gasteiger partial charge < -0.3 is 9.84 Å². The normalized spacial score (nSPS) is 10.5. The van der Waals surface area contributed by atoms with Crippen molar-refractivity contribution in [2.75, 3.05) is 7.11 Å². The van der Waals surface area contributed by atoms with E-state index in [-0.39, 0.29) is 11.4 Å². The van der Waals surface area contributed by atoms with Crippen molar-refractivity contribution in [3.63, 3.8) is 0 Å². The molecule has 0 unspecified atom stereocenters. The van der Waals surface area contributed by atoms with Crippen molar-refractivity contribution < 1.29 is 14.6 Å². The van der Waals surface area contributed by atoms with Gasteiger partial charge in [0.2, 0.25) is 0 Å². The molecule has 1 aromatic heterocycles. The van der Waals surface area contributed by atoms with Crippen molar-refractivity contribution in [1.29, 1.82) is 0 Å². The first-order valence-electron chi connectivity index (χ1n) is 5.87. The number of hydrazone groups is 1. The average molecular weight is 288 g/mol. The van der Waals surface area contributed by atoms with E-state index >= 15 is 0 Å². The van der Waals surface area contributed by atoms with Gasteiger partial charge in [-0.1, -0.05) is 6.07 Å². The van der Waals surface area contributed by atoms with Crippen LogP contribution >= 0.6 is 0 Å². The van der Waals surface area contributed by atoms with Crippen LogP contribution in [0.1, 0.15) is 16.1 Å². The Balaban J connectivity index is 2.07. The molecule has 0 saturated carbocycles. The summed E-state index contributed by atoms with van der Waals surface area (Å²) in [5, 5.41) is 19.2. The maximum Gasteiger partial charge on any atom is 0.291 e. The van der Waals surface area contributed by atoms with Gasteiger partial charge in [0.05, 0.1) is 13.3 Å². The third kappa shape index (κ3) is 3.44. The Morgan fingerprint density at radius 1 is 1.43 bits per heavy atom. The van der Waals surface area contributed by atoms with Crippen molar-refractivity contribution in [3.05, 3.63) is 51.9 Å². The number of phenols is 1. The number of H-pyrrole nitrogens is 1. The van der Waals surface area contributed by atoms with Gasteiger partial charge in [0.1, 0.15) is 0 Å². The van der Waals surface area contributed by atoms with Gasteiger partial charge in [-0.3, -0.25) is 9.59 Å². The molecule has 8 heteroatoms. The predicted molar refractivity (Wildman–Crippen MR) is 74.6 cm³/mol. The lowest BCUT2D eigenvalue weighted by molar-refractivity contribution is 0.0949. The summed E-state index contributed by atoms with van der Waals surface area (Å²) in [6, 6.07) is 7.32. The predicted octanol–water partition coefficient (Wildman–Crippen LogP) is 0.248. The maximum absolute atomic E-state index is 11.7. The minimum Gasteiger partial charge on any atom is -0.504 e. The van der Waals surface area contributed by atoms with Crippen LogP contribution in [0.4, 0.5) is 0 Å². The number of benzene rings is 1. The third-order valence-electron chi connectivity index (χ3n) is 2.53. The second-order valence-corrected chi connectivity index (χ2v) is 3.90. The van der Waals surface area contributed by atoms with Gasteiger partial charge in [-0.05, 0) is 18.2 Å². The van der Waals surface area contributed by atoms with Crippen LogP contribution < -0.4 is 15.7 Å². The highest BCUT2D eigenvalue weighted by Gasteiger charge is 2.07. The van der Waals surface area contributed by atoms with Gasteiger partial charge in [0.25, 0.3) is 11.5 Å². The lowest BCUT2D eigenvalue weighted by atomic mass is 10.2. The van der Waals surface area contributed by atoms with Crippen molar-refractivity contribution in [1.82, 2.24) is 15.6 Å². The first-order chi connectivity index (χ1) is 10.1. The molecule has 108 valence electrons. The van der Waals surface area contributed by atoms with E-state index < -0.39 is 11.5 Å². The smallest absolute Gasteiger partial charge is 0.291 e. The number of phenolic OH excluding ortho intramolecular Hbond substituents is 1. The zero-order chi connectivity index (χ0) is 15.2. The molecule has 0 atom stereocenters. The molecule has 0 bridgehead atoms. The second-order valence-electron chi connectivity index (χ2n) is 3.90. The van der Waals surface area contributed by atoms with Crippen LogP contribution in [0.25, 0.3) is 0 Å². The minimum atomic E-state index is -0.593. The molecular formula is C13H12N4O4. The Morgan fingerprint density at radius 2 is 2.24 bits per heavy atom. The highest BCUT2D eigenvalue weighted by atomic mass is 16.5. The number of para-hydroxylation sites is 1. The number of carbonyl (C=O) groups is 1. The van der Waals surface area contributed by atoms with E-state index in [1.807, 2.05) is 0 Å². The number of methoxy groups -OCH3 is 1. The Morgan fingerprint density at radius 3 is 2.90 bits per heavy atom. The molecule has 3 N–H and O–H groups in total. The van der Waals surface area contributed by atoms with E-state index in [0.717, 1.165) is 0 Å². The fourth-order valence-electron chi connectivity index (χ4n) is 1.50. The lowest BCUT2D eigenvalue weighted by Gasteiger charge is -2.04. The molecule has 1 aromatic carbocycles. The molecule has 21 heavy (non-hydrogen) atoms. The van der Waals surface area contributed by atoms with Crippen LogP contribution in [-0.2, 0) is 0 Å². The van der Waals surface area contributed by atoms with Crippen molar-refractivity contribution in [2.24, 2.45) is 5.10 Å². The minimum absolute atomic E-state index is 0.0154. The Bertz CT molecular complexity index is 719. The van der Waals surface area contributed by atoms with Crippen LogP contribution in [0.2, 0.25) is 0 Å². The maximum atomic E-state index is 11.7. The van der Waals surface area contributed by atoms with E-state index in [4.69, 9.17) is 4.74 Å². The summed E-state index contributed by atoms with van der Waals surface area (Å²) >= 11 is 0. The third-order valence-corrected chi connectivity index (χ3v) is 2.53. The van der Waals surface area contributed by atoms with Gasteiger partial charge in [0.15, 0.2) is 17.2 Å². The average Bonchev–Trinajstić information content (AvgIpc) is 2.49. The molecule has 0 aliphatic rings. The molecule has 1 heterocycles. The second kappa shape index (κ2) is 6.33. The first-order valence-corrected chi connectivity index (χ1v) is 5.87. The van der Waals surface area contributed by atoms with Gasteiger partial charge in [-0.15, -0.1) is 0 Å². The number of rotatable bonds is 4. The highest BCUT2D eigenvalue weighted by molar-refractivity contribution is 5.93. The van der Waals surface area contributed by atoms with Crippen molar-refractivity contribution in [3.8, 4) is 11.5 Å². The highest BCUT2D eigenvalue weighted by Crippen LogP contribution is 2.27. The Kier molecular flexibility index (Phi) is 4.30. The molecular weight excluding hydrogens is 276 g/mol. The number of carbonyl (C=O) groups excluding carboxylic acids is 1. The van der Waals surface area contributed by atoms with Crippen LogP contribution in [-0.4, -0.2) is 34.5 Å². The number of aromatic amines is 1. The van der Waals surface area contributed by atoms with Crippen LogP contribution in [0.3, 0.4) is 0 Å². The summed E-state index contributed by atoms with van der Waals surface area (Å²) < 4.78 is 4.95. The fraction of sp³-hybridized carbons (Fsp3) is 0.0769. The number of hydrogen-bond donors (Lipinski definition) is 3. The molecule has 0 aliphatic carbocycles. The molecule has 1 amide bonds. The van der Waals surface area contributed by atoms with E-state index in [2.05, 4.69) is 20.7 Å². The molecule has 8 nitrogen and oxygen atoms in total. The topological polar surface area (TPSA) is 117 Å². The quantitative estimate of drug-likeness (QED) is 0.550. The number of aromatic nitrogens is 2. The monoisotopic (exact) mass is 288 g/mol. The molecule has 0 radical (unpaired) electrons. The summed E-state index contributed by atoms with van der Waals surface area (Å²) in [4.78, 5) is 22.5. The first kappa shape index (κ1) is 14.3. The number of hydrogen-bond acceptors (Lipinski definition) is 6. The number of aromatic hydroxyl groups is 1. The van der Waals surface area contributed by atoms with E-state index in [1.54, 1.807) is 18.2 Å². The van der Waals surface area contributed by atoms with Crippen LogP contribution in [0.15, 0.2) is 40.2 Å². The van der Waals surface area contributed by atoms with Gasteiger partial charge >= 0.3 is 0 Å². The van der Waals surface area contributed by atoms with Crippen molar-refractivity contribution >= 4 is 12.1 Å². The zero-order valence-corrected chi connectivity index (χ0v) is 11.0.